The number of benzene rings is 1. The smallest absolute Gasteiger partial charge is 0.255 e. The van der Waals surface area contributed by atoms with Gasteiger partial charge in [-0.25, -0.2) is 13.4 Å². The first-order valence-electron chi connectivity index (χ1n) is 9.87. The van der Waals surface area contributed by atoms with Gasteiger partial charge >= 0.3 is 0 Å². The molecule has 3 rings (SSSR count). The summed E-state index contributed by atoms with van der Waals surface area (Å²) in [5.41, 5.74) is 1.24. The zero-order valence-corrected chi connectivity index (χ0v) is 18.9. The van der Waals surface area contributed by atoms with Crippen LogP contribution in [0.5, 0.6) is 5.75 Å². The number of aryl methyl sites for hydroxylation is 2. The topological polar surface area (TPSA) is 97.8 Å². The van der Waals surface area contributed by atoms with Crippen LogP contribution in [-0.4, -0.2) is 63.6 Å². The zero-order valence-electron chi connectivity index (χ0n) is 17.2. The molecule has 0 radical (unpaired) electrons. The molecule has 164 valence electrons. The Morgan fingerprint density at radius 1 is 1.30 bits per heavy atom. The first-order valence-corrected chi connectivity index (χ1v) is 12.2. The van der Waals surface area contributed by atoms with Gasteiger partial charge in [0.1, 0.15) is 5.75 Å². The first kappa shape index (κ1) is 22.7. The van der Waals surface area contributed by atoms with Crippen molar-refractivity contribution in [1.29, 1.82) is 0 Å². The lowest BCUT2D eigenvalue weighted by molar-refractivity contribution is 0.0730. The molecule has 1 fully saturated rings. The highest BCUT2D eigenvalue weighted by atomic mass is 32.2. The van der Waals surface area contributed by atoms with E-state index in [1.165, 1.54) is 29.6 Å². The molecule has 1 N–H and O–H groups in total. The van der Waals surface area contributed by atoms with Gasteiger partial charge < -0.3 is 14.8 Å². The molecular weight excluding hydrogens is 426 g/mol. The third-order valence-corrected chi connectivity index (χ3v) is 7.71. The van der Waals surface area contributed by atoms with Crippen molar-refractivity contribution < 1.29 is 22.7 Å². The quantitative estimate of drug-likeness (QED) is 0.585. The molecule has 30 heavy (non-hydrogen) atoms. The van der Waals surface area contributed by atoms with E-state index in [-0.39, 0.29) is 16.4 Å². The van der Waals surface area contributed by atoms with Crippen molar-refractivity contribution in [3.05, 3.63) is 39.8 Å². The Morgan fingerprint density at radius 3 is 2.73 bits per heavy atom. The number of carbonyl (C=O) groups excluding carboxylic acids is 1. The Labute approximate surface area is 181 Å². The van der Waals surface area contributed by atoms with Crippen LogP contribution in [0, 0.1) is 6.92 Å². The number of hydrogen-bond acceptors (Lipinski definition) is 7. The molecule has 0 aliphatic carbocycles. The van der Waals surface area contributed by atoms with Crippen molar-refractivity contribution in [2.24, 2.45) is 0 Å². The van der Waals surface area contributed by atoms with E-state index in [0.29, 0.717) is 38.6 Å². The summed E-state index contributed by atoms with van der Waals surface area (Å²) in [5.74, 6) is -0.0114. The largest absolute Gasteiger partial charge is 0.496 e. The van der Waals surface area contributed by atoms with Crippen LogP contribution >= 0.6 is 11.3 Å². The molecule has 1 aromatic carbocycles. The van der Waals surface area contributed by atoms with Crippen LogP contribution in [0.2, 0.25) is 0 Å². The highest BCUT2D eigenvalue weighted by Crippen LogP contribution is 2.25. The van der Waals surface area contributed by atoms with Gasteiger partial charge in [-0.3, -0.25) is 4.79 Å². The minimum absolute atomic E-state index is 0.0782. The summed E-state index contributed by atoms with van der Waals surface area (Å²) in [7, 11) is -2.23. The molecule has 1 aliphatic rings. The van der Waals surface area contributed by atoms with Crippen molar-refractivity contribution in [3.8, 4) is 5.75 Å². The van der Waals surface area contributed by atoms with E-state index in [2.05, 4.69) is 10.3 Å². The normalized spacial score (nSPS) is 15.1. The molecule has 1 aromatic heterocycles. The summed E-state index contributed by atoms with van der Waals surface area (Å²) in [6.45, 7) is 3.80. The van der Waals surface area contributed by atoms with Crippen molar-refractivity contribution in [3.63, 3.8) is 0 Å². The number of nitrogens with one attached hydrogen (secondary N) is 1. The van der Waals surface area contributed by atoms with E-state index in [1.807, 2.05) is 12.3 Å². The van der Waals surface area contributed by atoms with E-state index < -0.39 is 10.0 Å². The van der Waals surface area contributed by atoms with Crippen molar-refractivity contribution in [2.45, 2.75) is 31.1 Å². The van der Waals surface area contributed by atoms with Crippen LogP contribution in [0.4, 0.5) is 0 Å². The lowest BCUT2D eigenvalue weighted by atomic mass is 10.2. The van der Waals surface area contributed by atoms with Crippen LogP contribution < -0.4 is 10.1 Å². The number of methoxy groups -OCH3 is 1. The van der Waals surface area contributed by atoms with Crippen molar-refractivity contribution in [2.75, 3.05) is 40.0 Å². The van der Waals surface area contributed by atoms with Gasteiger partial charge in [0.25, 0.3) is 5.91 Å². The first-order chi connectivity index (χ1) is 14.4. The molecule has 2 aromatic rings. The fraction of sp³-hybridized carbons (Fsp3) is 0.500. The molecule has 1 amide bonds. The number of hydrogen-bond donors (Lipinski definition) is 1. The van der Waals surface area contributed by atoms with Gasteiger partial charge in [0, 0.05) is 30.7 Å². The van der Waals surface area contributed by atoms with Crippen LogP contribution in [0.1, 0.15) is 33.9 Å². The Bertz CT molecular complexity index is 969. The molecule has 1 aliphatic heterocycles. The molecular formula is C20H27N3O5S2. The van der Waals surface area contributed by atoms with Gasteiger partial charge in [-0.1, -0.05) is 0 Å². The van der Waals surface area contributed by atoms with E-state index in [1.54, 1.807) is 11.3 Å². The van der Waals surface area contributed by atoms with E-state index in [0.717, 1.165) is 30.0 Å². The minimum Gasteiger partial charge on any atom is -0.496 e. The number of ether oxygens (including phenoxy) is 2. The number of thiazole rings is 1. The second kappa shape index (κ2) is 10.3. The fourth-order valence-electron chi connectivity index (χ4n) is 3.18. The number of unbranched alkanes of at least 4 members (excludes halogenated alkanes) is 1. The lowest BCUT2D eigenvalue weighted by Gasteiger charge is -2.26. The number of rotatable bonds is 9. The highest BCUT2D eigenvalue weighted by Gasteiger charge is 2.28. The Morgan fingerprint density at radius 2 is 2.07 bits per heavy atom. The van der Waals surface area contributed by atoms with E-state index >= 15 is 0 Å². The minimum atomic E-state index is -3.69. The number of aromatic nitrogens is 1. The number of nitrogens with zero attached hydrogens (tertiary/aromatic N) is 2. The van der Waals surface area contributed by atoms with Gasteiger partial charge in [-0.2, -0.15) is 4.31 Å². The van der Waals surface area contributed by atoms with Crippen LogP contribution in [0.25, 0.3) is 0 Å². The average molecular weight is 454 g/mol. The van der Waals surface area contributed by atoms with Crippen molar-refractivity contribution in [1.82, 2.24) is 14.6 Å². The van der Waals surface area contributed by atoms with Crippen molar-refractivity contribution >= 4 is 27.3 Å². The van der Waals surface area contributed by atoms with Gasteiger partial charge in [0.15, 0.2) is 0 Å². The highest BCUT2D eigenvalue weighted by molar-refractivity contribution is 7.89. The molecule has 0 spiro atoms. The lowest BCUT2D eigenvalue weighted by Crippen LogP contribution is -2.40. The number of carbonyl (C=O) groups is 1. The number of amides is 1. The molecule has 8 nitrogen and oxygen atoms in total. The van der Waals surface area contributed by atoms with Gasteiger partial charge in [0.05, 0.1) is 35.8 Å². The molecule has 0 saturated carbocycles. The maximum absolute atomic E-state index is 12.9. The molecule has 0 atom stereocenters. The summed E-state index contributed by atoms with van der Waals surface area (Å²) < 4.78 is 37.7. The third kappa shape index (κ3) is 5.57. The summed E-state index contributed by atoms with van der Waals surface area (Å²) in [6, 6.07) is 4.38. The Kier molecular flexibility index (Phi) is 7.81. The second-order valence-electron chi connectivity index (χ2n) is 6.97. The molecule has 2 heterocycles. The monoisotopic (exact) mass is 453 g/mol. The van der Waals surface area contributed by atoms with Crippen LogP contribution in [0.3, 0.4) is 0 Å². The van der Waals surface area contributed by atoms with Gasteiger partial charge in [-0.05, 0) is 44.4 Å². The average Bonchev–Trinajstić information content (AvgIpc) is 3.18. The Balaban J connectivity index is 1.61. The predicted octanol–water partition coefficient (Wildman–Crippen LogP) is 2.23. The number of sulfonamides is 1. The molecule has 0 bridgehead atoms. The summed E-state index contributed by atoms with van der Waals surface area (Å²) in [6.07, 6.45) is 2.60. The third-order valence-electron chi connectivity index (χ3n) is 4.79. The van der Waals surface area contributed by atoms with E-state index in [9.17, 15) is 13.2 Å². The second-order valence-corrected chi connectivity index (χ2v) is 9.85. The van der Waals surface area contributed by atoms with Crippen LogP contribution in [-0.2, 0) is 21.2 Å². The van der Waals surface area contributed by atoms with Crippen LogP contribution in [0.15, 0.2) is 28.5 Å². The fourth-order valence-corrected chi connectivity index (χ4v) is 5.43. The standard InChI is InChI=1S/C20H27N3O5S2/c1-15-14-29-19(22-15)5-3-4-8-21-20(24)17-13-16(6-7-18(17)27-2)30(25,26)23-9-11-28-12-10-23/h6-7,13-14H,3-5,8-12H2,1-2H3,(H,21,24). The summed E-state index contributed by atoms with van der Waals surface area (Å²) >= 11 is 1.65. The maximum atomic E-state index is 12.9. The molecule has 10 heteroatoms. The van der Waals surface area contributed by atoms with Gasteiger partial charge in [-0.15, -0.1) is 11.3 Å². The summed E-state index contributed by atoms with van der Waals surface area (Å²) in [5, 5.41) is 5.99. The molecule has 0 unspecified atom stereocenters. The van der Waals surface area contributed by atoms with Gasteiger partial charge in [0.2, 0.25) is 10.0 Å². The Hall–Kier alpha value is -2.01. The van der Waals surface area contributed by atoms with E-state index in [4.69, 9.17) is 9.47 Å². The SMILES string of the molecule is COc1ccc(S(=O)(=O)N2CCOCC2)cc1C(=O)NCCCCc1nc(C)cs1. The molecule has 1 saturated heterocycles. The summed E-state index contributed by atoms with van der Waals surface area (Å²) in [4.78, 5) is 17.2. The maximum Gasteiger partial charge on any atom is 0.255 e. The predicted molar refractivity (Wildman–Crippen MR) is 115 cm³/mol. The zero-order chi connectivity index (χ0) is 21.6. The number of morpholine rings is 1.